The van der Waals surface area contributed by atoms with Gasteiger partial charge in [0.25, 0.3) is 5.91 Å². The standard InChI is InChI=1S/C28H27N3O3/c1-33-24-10-5-9-22(16-24)28(32)29-17-23-15-21(25-18-31-14-6-11-27(31)30-25)12-13-26(23)34-19-20-7-3-2-4-8-20/h2-5,7-10,12-13,15-16,18H,6,11,14,17,19H2,1H3,(H,29,32). The number of aryl methyl sites for hydroxylation is 2. The summed E-state index contributed by atoms with van der Waals surface area (Å²) in [5.74, 6) is 2.35. The first kappa shape index (κ1) is 21.8. The third-order valence-corrected chi connectivity index (χ3v) is 6.02. The molecule has 0 radical (unpaired) electrons. The van der Waals surface area contributed by atoms with Gasteiger partial charge in [0.2, 0.25) is 0 Å². The normalized spacial score (nSPS) is 12.3. The van der Waals surface area contributed by atoms with E-state index in [4.69, 9.17) is 14.5 Å². The van der Waals surface area contributed by atoms with Crippen molar-refractivity contribution in [3.63, 3.8) is 0 Å². The maximum absolute atomic E-state index is 12.8. The predicted molar refractivity (Wildman–Crippen MR) is 131 cm³/mol. The van der Waals surface area contributed by atoms with E-state index in [0.717, 1.165) is 53.3 Å². The number of carbonyl (C=O) groups is 1. The molecule has 1 aromatic heterocycles. The van der Waals surface area contributed by atoms with Crippen LogP contribution in [0.2, 0.25) is 0 Å². The van der Waals surface area contributed by atoms with E-state index in [0.29, 0.717) is 24.5 Å². The third-order valence-electron chi connectivity index (χ3n) is 6.02. The summed E-state index contributed by atoms with van der Waals surface area (Å²) in [5, 5.41) is 3.02. The van der Waals surface area contributed by atoms with Crippen LogP contribution >= 0.6 is 0 Å². The summed E-state index contributed by atoms with van der Waals surface area (Å²) in [7, 11) is 1.59. The zero-order valence-electron chi connectivity index (χ0n) is 19.2. The molecule has 172 valence electrons. The Kier molecular flexibility index (Phi) is 6.29. The summed E-state index contributed by atoms with van der Waals surface area (Å²) < 4.78 is 13.6. The van der Waals surface area contributed by atoms with Crippen molar-refractivity contribution in [2.24, 2.45) is 0 Å². The molecule has 0 saturated heterocycles. The predicted octanol–water partition coefficient (Wildman–Crippen LogP) is 5.01. The first-order valence-electron chi connectivity index (χ1n) is 11.5. The summed E-state index contributed by atoms with van der Waals surface area (Å²) in [4.78, 5) is 17.6. The Morgan fingerprint density at radius 2 is 1.94 bits per heavy atom. The van der Waals surface area contributed by atoms with E-state index >= 15 is 0 Å². The molecule has 3 aromatic carbocycles. The van der Waals surface area contributed by atoms with Gasteiger partial charge in [-0.2, -0.15) is 0 Å². The van der Waals surface area contributed by atoms with Crippen molar-refractivity contribution in [3.8, 4) is 22.8 Å². The highest BCUT2D eigenvalue weighted by molar-refractivity contribution is 5.94. The van der Waals surface area contributed by atoms with Crippen molar-refractivity contribution in [1.29, 1.82) is 0 Å². The molecule has 1 N–H and O–H groups in total. The van der Waals surface area contributed by atoms with Crippen LogP contribution < -0.4 is 14.8 Å². The van der Waals surface area contributed by atoms with Crippen LogP contribution in [0, 0.1) is 0 Å². The number of nitrogens with one attached hydrogen (secondary N) is 1. The molecule has 5 rings (SSSR count). The molecule has 2 heterocycles. The molecule has 0 atom stereocenters. The second-order valence-corrected chi connectivity index (χ2v) is 8.35. The molecule has 0 fully saturated rings. The number of imidazole rings is 1. The number of methoxy groups -OCH3 is 1. The van der Waals surface area contributed by atoms with Gasteiger partial charge in [-0.25, -0.2) is 4.98 Å². The average molecular weight is 454 g/mol. The van der Waals surface area contributed by atoms with Gasteiger partial charge in [0.1, 0.15) is 23.9 Å². The maximum atomic E-state index is 12.8. The number of benzene rings is 3. The van der Waals surface area contributed by atoms with Crippen LogP contribution in [0.4, 0.5) is 0 Å². The molecule has 0 bridgehead atoms. The summed E-state index contributed by atoms with van der Waals surface area (Å²) >= 11 is 0. The van der Waals surface area contributed by atoms with E-state index in [1.54, 1.807) is 25.3 Å². The molecular weight excluding hydrogens is 426 g/mol. The lowest BCUT2D eigenvalue weighted by atomic mass is 10.1. The Bertz CT molecular complexity index is 1280. The van der Waals surface area contributed by atoms with E-state index in [1.165, 1.54) is 0 Å². The molecule has 1 aliphatic heterocycles. The molecular formula is C28H27N3O3. The van der Waals surface area contributed by atoms with Crippen molar-refractivity contribution in [3.05, 3.63) is 102 Å². The number of hydrogen-bond donors (Lipinski definition) is 1. The van der Waals surface area contributed by atoms with Crippen molar-refractivity contribution < 1.29 is 14.3 Å². The second kappa shape index (κ2) is 9.83. The van der Waals surface area contributed by atoms with E-state index in [2.05, 4.69) is 22.1 Å². The molecule has 6 nitrogen and oxygen atoms in total. The SMILES string of the molecule is COc1cccc(C(=O)NCc2cc(-c3cn4c(n3)CCC4)ccc2OCc2ccccc2)c1. The van der Waals surface area contributed by atoms with Gasteiger partial charge in [-0.05, 0) is 48.4 Å². The van der Waals surface area contributed by atoms with E-state index in [-0.39, 0.29) is 5.91 Å². The van der Waals surface area contributed by atoms with Crippen molar-refractivity contribution in [2.45, 2.75) is 32.5 Å². The second-order valence-electron chi connectivity index (χ2n) is 8.35. The third kappa shape index (κ3) is 4.81. The lowest BCUT2D eigenvalue weighted by Crippen LogP contribution is -2.23. The molecule has 4 aromatic rings. The Morgan fingerprint density at radius 3 is 2.76 bits per heavy atom. The van der Waals surface area contributed by atoms with Gasteiger partial charge in [0.05, 0.1) is 12.8 Å². The summed E-state index contributed by atoms with van der Waals surface area (Å²) in [6.07, 6.45) is 4.28. The van der Waals surface area contributed by atoms with Crippen molar-refractivity contribution in [2.75, 3.05) is 7.11 Å². The van der Waals surface area contributed by atoms with Gasteiger partial charge in [0.15, 0.2) is 0 Å². The Labute approximate surface area is 199 Å². The maximum Gasteiger partial charge on any atom is 0.251 e. The average Bonchev–Trinajstić information content (AvgIpc) is 3.50. The molecule has 6 heteroatoms. The number of carbonyl (C=O) groups excluding carboxylic acids is 1. The fraction of sp³-hybridized carbons (Fsp3) is 0.214. The minimum Gasteiger partial charge on any atom is -0.497 e. The van der Waals surface area contributed by atoms with Crippen LogP contribution in [-0.2, 0) is 26.1 Å². The zero-order chi connectivity index (χ0) is 23.3. The number of ether oxygens (including phenoxy) is 2. The van der Waals surface area contributed by atoms with Gasteiger partial charge in [-0.1, -0.05) is 36.4 Å². The minimum atomic E-state index is -0.167. The molecule has 0 spiro atoms. The molecule has 1 aliphatic rings. The smallest absolute Gasteiger partial charge is 0.251 e. The summed E-state index contributed by atoms with van der Waals surface area (Å²) in [5.41, 5.74) is 4.50. The highest BCUT2D eigenvalue weighted by atomic mass is 16.5. The van der Waals surface area contributed by atoms with Gasteiger partial charge >= 0.3 is 0 Å². The molecule has 1 amide bonds. The van der Waals surface area contributed by atoms with E-state index < -0.39 is 0 Å². The van der Waals surface area contributed by atoms with Crippen LogP contribution in [0.5, 0.6) is 11.5 Å². The number of fused-ring (bicyclic) bond motifs is 1. The fourth-order valence-electron chi connectivity index (χ4n) is 4.19. The Morgan fingerprint density at radius 1 is 1.06 bits per heavy atom. The highest BCUT2D eigenvalue weighted by Gasteiger charge is 2.16. The molecule has 34 heavy (non-hydrogen) atoms. The van der Waals surface area contributed by atoms with Crippen LogP contribution in [0.3, 0.4) is 0 Å². The lowest BCUT2D eigenvalue weighted by molar-refractivity contribution is 0.0950. The van der Waals surface area contributed by atoms with E-state index in [1.807, 2.05) is 48.5 Å². The van der Waals surface area contributed by atoms with Gasteiger partial charge in [0, 0.05) is 42.4 Å². The fourth-order valence-corrected chi connectivity index (χ4v) is 4.19. The van der Waals surface area contributed by atoms with Gasteiger partial charge < -0.3 is 19.4 Å². The summed E-state index contributed by atoms with van der Waals surface area (Å²) in [6.45, 7) is 1.81. The number of nitrogens with zero attached hydrogens (tertiary/aromatic N) is 2. The van der Waals surface area contributed by atoms with Crippen LogP contribution in [-0.4, -0.2) is 22.6 Å². The lowest BCUT2D eigenvalue weighted by Gasteiger charge is -2.14. The number of amides is 1. The summed E-state index contributed by atoms with van der Waals surface area (Å²) in [6, 6.07) is 23.2. The molecule has 0 aliphatic carbocycles. The van der Waals surface area contributed by atoms with Crippen LogP contribution in [0.1, 0.15) is 33.7 Å². The largest absolute Gasteiger partial charge is 0.497 e. The first-order valence-corrected chi connectivity index (χ1v) is 11.5. The van der Waals surface area contributed by atoms with E-state index in [9.17, 15) is 4.79 Å². The first-order chi connectivity index (χ1) is 16.7. The topological polar surface area (TPSA) is 65.4 Å². The van der Waals surface area contributed by atoms with Gasteiger partial charge in [-0.15, -0.1) is 0 Å². The van der Waals surface area contributed by atoms with Gasteiger partial charge in [-0.3, -0.25) is 4.79 Å². The monoisotopic (exact) mass is 453 g/mol. The highest BCUT2D eigenvalue weighted by Crippen LogP contribution is 2.29. The minimum absolute atomic E-state index is 0.167. The number of hydrogen-bond acceptors (Lipinski definition) is 4. The number of rotatable bonds is 8. The van der Waals surface area contributed by atoms with Crippen LogP contribution in [0.15, 0.2) is 79.0 Å². The molecule has 0 saturated carbocycles. The Hall–Kier alpha value is -4.06. The quantitative estimate of drug-likeness (QED) is 0.407. The number of aromatic nitrogens is 2. The molecule has 0 unspecified atom stereocenters. The van der Waals surface area contributed by atoms with Crippen LogP contribution in [0.25, 0.3) is 11.3 Å². The van der Waals surface area contributed by atoms with Crippen molar-refractivity contribution >= 4 is 5.91 Å². The Balaban J connectivity index is 1.38. The zero-order valence-corrected chi connectivity index (χ0v) is 19.2. The van der Waals surface area contributed by atoms with Crippen molar-refractivity contribution in [1.82, 2.24) is 14.9 Å².